The minimum Gasteiger partial charge on any atom is -0.399 e. The molecule has 0 atom stereocenters. The van der Waals surface area contributed by atoms with Crippen LogP contribution in [0.2, 0.25) is 0 Å². The topological polar surface area (TPSA) is 56.7 Å². The van der Waals surface area contributed by atoms with E-state index in [4.69, 9.17) is 5.73 Å². The van der Waals surface area contributed by atoms with E-state index in [2.05, 4.69) is 14.5 Å². The quantitative estimate of drug-likeness (QED) is 0.719. The highest BCUT2D eigenvalue weighted by molar-refractivity contribution is 7.09. The molecule has 0 aliphatic carbocycles. The van der Waals surface area contributed by atoms with Gasteiger partial charge < -0.3 is 10.3 Å². The summed E-state index contributed by atoms with van der Waals surface area (Å²) in [5.41, 5.74) is 11.6. The second-order valence-electron chi connectivity index (χ2n) is 4.35. The fourth-order valence-electron chi connectivity index (χ4n) is 2.09. The minimum absolute atomic E-state index is 0.751. The third-order valence-corrected chi connectivity index (χ3v) is 4.03. The Morgan fingerprint density at radius 3 is 2.89 bits per heavy atom. The molecule has 18 heavy (non-hydrogen) atoms. The van der Waals surface area contributed by atoms with Crippen molar-refractivity contribution in [3.8, 4) is 0 Å². The first-order valence-electron chi connectivity index (χ1n) is 5.76. The lowest BCUT2D eigenvalue weighted by Crippen LogP contribution is -2.01. The number of thiazole rings is 1. The number of aromatic nitrogens is 3. The number of nitrogens with two attached hydrogens (primary N) is 1. The van der Waals surface area contributed by atoms with E-state index in [1.54, 1.807) is 11.3 Å². The predicted molar refractivity (Wildman–Crippen MR) is 74.8 cm³/mol. The summed E-state index contributed by atoms with van der Waals surface area (Å²) in [5, 5.41) is 0. The molecule has 0 bridgehead atoms. The summed E-state index contributed by atoms with van der Waals surface area (Å²) < 4.78 is 2.20. The molecule has 4 nitrogen and oxygen atoms in total. The van der Waals surface area contributed by atoms with Crippen LogP contribution in [0, 0.1) is 13.8 Å². The van der Waals surface area contributed by atoms with Crippen molar-refractivity contribution in [3.63, 3.8) is 0 Å². The second kappa shape index (κ2) is 4.10. The van der Waals surface area contributed by atoms with Gasteiger partial charge in [0.2, 0.25) is 0 Å². The average molecular weight is 258 g/mol. The fourth-order valence-corrected chi connectivity index (χ4v) is 2.85. The fraction of sp³-hybridized carbons (Fsp3) is 0.231. The lowest BCUT2D eigenvalue weighted by molar-refractivity contribution is 0.790. The Hall–Kier alpha value is -1.88. The summed E-state index contributed by atoms with van der Waals surface area (Å²) in [6.45, 7) is 4.88. The van der Waals surface area contributed by atoms with Crippen molar-refractivity contribution in [1.82, 2.24) is 14.5 Å². The summed E-state index contributed by atoms with van der Waals surface area (Å²) in [7, 11) is 0. The predicted octanol–water partition coefficient (Wildman–Crippen LogP) is 2.74. The molecule has 5 heteroatoms. The molecule has 0 aliphatic heterocycles. The summed E-state index contributed by atoms with van der Waals surface area (Å²) in [4.78, 5) is 10.1. The summed E-state index contributed by atoms with van der Waals surface area (Å²) in [5.74, 6) is 1.00. The standard InChI is InChI=1S/C13H14N4S/c1-8-13(18-7-15-8)6-17-9(2)16-11-5-10(14)3-4-12(11)17/h3-5,7H,6,14H2,1-2H3. The molecular weight excluding hydrogens is 244 g/mol. The van der Waals surface area contributed by atoms with Crippen LogP contribution in [0.1, 0.15) is 16.4 Å². The first-order chi connectivity index (χ1) is 8.65. The first-order valence-corrected chi connectivity index (χ1v) is 6.64. The molecule has 0 radical (unpaired) electrons. The number of hydrogen-bond donors (Lipinski definition) is 1. The van der Waals surface area contributed by atoms with Crippen molar-refractivity contribution in [2.24, 2.45) is 0 Å². The molecule has 2 N–H and O–H groups in total. The molecule has 3 rings (SSSR count). The number of aryl methyl sites for hydroxylation is 2. The smallest absolute Gasteiger partial charge is 0.107 e. The van der Waals surface area contributed by atoms with Gasteiger partial charge in [-0.2, -0.15) is 0 Å². The van der Waals surface area contributed by atoms with Crippen LogP contribution >= 0.6 is 11.3 Å². The third-order valence-electron chi connectivity index (χ3n) is 3.11. The minimum atomic E-state index is 0.751. The summed E-state index contributed by atoms with van der Waals surface area (Å²) >= 11 is 1.68. The van der Waals surface area contributed by atoms with Crippen molar-refractivity contribution in [2.45, 2.75) is 20.4 Å². The molecule has 0 unspecified atom stereocenters. The van der Waals surface area contributed by atoms with Gasteiger partial charge >= 0.3 is 0 Å². The van der Waals surface area contributed by atoms with Crippen LogP contribution in [0.25, 0.3) is 11.0 Å². The largest absolute Gasteiger partial charge is 0.399 e. The van der Waals surface area contributed by atoms with E-state index in [0.29, 0.717) is 0 Å². The molecule has 0 aliphatic rings. The van der Waals surface area contributed by atoms with E-state index in [1.807, 2.05) is 37.6 Å². The molecule has 0 saturated carbocycles. The van der Waals surface area contributed by atoms with Gasteiger partial charge in [-0.25, -0.2) is 9.97 Å². The van der Waals surface area contributed by atoms with Crippen LogP contribution in [0.5, 0.6) is 0 Å². The van der Waals surface area contributed by atoms with Gasteiger partial charge in [0.05, 0.1) is 28.8 Å². The van der Waals surface area contributed by atoms with Gasteiger partial charge in [-0.1, -0.05) is 0 Å². The maximum Gasteiger partial charge on any atom is 0.107 e. The number of nitrogens with zero attached hydrogens (tertiary/aromatic N) is 3. The Bertz CT molecular complexity index is 711. The SMILES string of the molecule is Cc1ncsc1Cn1c(C)nc2cc(N)ccc21. The molecule has 2 aromatic heterocycles. The molecule has 3 aromatic rings. The van der Waals surface area contributed by atoms with Gasteiger partial charge in [0.15, 0.2) is 0 Å². The Labute approximate surface area is 109 Å². The van der Waals surface area contributed by atoms with Gasteiger partial charge in [-0.05, 0) is 32.0 Å². The Kier molecular flexibility index (Phi) is 2.56. The van der Waals surface area contributed by atoms with Crippen LogP contribution in [0.4, 0.5) is 5.69 Å². The molecule has 2 heterocycles. The van der Waals surface area contributed by atoms with E-state index in [0.717, 1.165) is 34.8 Å². The maximum atomic E-state index is 5.79. The van der Waals surface area contributed by atoms with E-state index in [1.165, 1.54) is 4.88 Å². The highest BCUT2D eigenvalue weighted by atomic mass is 32.1. The normalized spacial score (nSPS) is 11.2. The van der Waals surface area contributed by atoms with Crippen molar-refractivity contribution >= 4 is 28.1 Å². The molecule has 92 valence electrons. The van der Waals surface area contributed by atoms with Crippen LogP contribution in [0.15, 0.2) is 23.7 Å². The Morgan fingerprint density at radius 2 is 2.17 bits per heavy atom. The van der Waals surface area contributed by atoms with E-state index < -0.39 is 0 Å². The highest BCUT2D eigenvalue weighted by Crippen LogP contribution is 2.22. The van der Waals surface area contributed by atoms with Crippen molar-refractivity contribution in [2.75, 3.05) is 5.73 Å². The molecule has 0 fully saturated rings. The van der Waals surface area contributed by atoms with E-state index >= 15 is 0 Å². The zero-order chi connectivity index (χ0) is 12.7. The number of anilines is 1. The lowest BCUT2D eigenvalue weighted by atomic mass is 10.3. The van der Waals surface area contributed by atoms with Gasteiger partial charge in [-0.15, -0.1) is 11.3 Å². The van der Waals surface area contributed by atoms with Gasteiger partial charge in [0.1, 0.15) is 5.82 Å². The summed E-state index contributed by atoms with van der Waals surface area (Å²) in [6, 6.07) is 5.86. The van der Waals surface area contributed by atoms with Gasteiger partial charge in [0, 0.05) is 10.6 Å². The molecule has 0 saturated heterocycles. The lowest BCUT2D eigenvalue weighted by Gasteiger charge is -2.05. The van der Waals surface area contributed by atoms with Crippen LogP contribution < -0.4 is 5.73 Å². The van der Waals surface area contributed by atoms with E-state index in [-0.39, 0.29) is 0 Å². The van der Waals surface area contributed by atoms with Crippen molar-refractivity contribution in [3.05, 3.63) is 40.1 Å². The van der Waals surface area contributed by atoms with Crippen LogP contribution in [-0.2, 0) is 6.54 Å². The molecule has 0 spiro atoms. The van der Waals surface area contributed by atoms with E-state index in [9.17, 15) is 0 Å². The van der Waals surface area contributed by atoms with Gasteiger partial charge in [-0.3, -0.25) is 0 Å². The van der Waals surface area contributed by atoms with Gasteiger partial charge in [0.25, 0.3) is 0 Å². The van der Waals surface area contributed by atoms with Crippen molar-refractivity contribution in [1.29, 1.82) is 0 Å². The zero-order valence-electron chi connectivity index (χ0n) is 10.3. The third kappa shape index (κ3) is 1.76. The average Bonchev–Trinajstić information content (AvgIpc) is 2.85. The van der Waals surface area contributed by atoms with Crippen molar-refractivity contribution < 1.29 is 0 Å². The number of nitrogen functional groups attached to an aromatic ring is 1. The number of hydrogen-bond acceptors (Lipinski definition) is 4. The Morgan fingerprint density at radius 1 is 1.33 bits per heavy atom. The number of benzene rings is 1. The van der Waals surface area contributed by atoms with Crippen LogP contribution in [0.3, 0.4) is 0 Å². The Balaban J connectivity index is 2.11. The van der Waals surface area contributed by atoms with Crippen LogP contribution in [-0.4, -0.2) is 14.5 Å². The second-order valence-corrected chi connectivity index (χ2v) is 5.29. The molecule has 1 aromatic carbocycles. The molecular formula is C13H14N4S. The highest BCUT2D eigenvalue weighted by Gasteiger charge is 2.10. The monoisotopic (exact) mass is 258 g/mol. The number of imidazole rings is 1. The first kappa shape index (κ1) is 11.2. The maximum absolute atomic E-state index is 5.79. The number of rotatable bonds is 2. The number of fused-ring (bicyclic) bond motifs is 1. The molecule has 0 amide bonds. The zero-order valence-corrected chi connectivity index (χ0v) is 11.2. The summed E-state index contributed by atoms with van der Waals surface area (Å²) in [6.07, 6.45) is 0.